The van der Waals surface area contributed by atoms with Gasteiger partial charge in [-0.05, 0) is 23.4 Å². The molecule has 0 amide bonds. The minimum absolute atomic E-state index is 0.0569. The first-order valence-corrected chi connectivity index (χ1v) is 5.70. The highest BCUT2D eigenvalue weighted by Gasteiger charge is 2.09. The lowest BCUT2D eigenvalue weighted by atomic mass is 10.9. The first-order chi connectivity index (χ1) is 6.75. The second-order valence-electron chi connectivity index (χ2n) is 1.98. The maximum atomic E-state index is 5.75. The van der Waals surface area contributed by atoms with Crippen molar-refractivity contribution in [2.75, 3.05) is 0 Å². The summed E-state index contributed by atoms with van der Waals surface area (Å²) in [6.07, 6.45) is 0. The van der Waals surface area contributed by atoms with Gasteiger partial charge < -0.3 is 0 Å². The Kier molecular flexibility index (Phi) is 3.12. The predicted molar refractivity (Wildman–Crippen MR) is 53.9 cm³/mol. The highest BCUT2D eigenvalue weighted by Crippen LogP contribution is 2.31. The summed E-state index contributed by atoms with van der Waals surface area (Å²) in [4.78, 5) is 3.91. The molecular formula is C5HCl2N5S2. The molecule has 2 aromatic rings. The van der Waals surface area contributed by atoms with Crippen LogP contribution in [-0.4, -0.2) is 25.4 Å². The third-order valence-corrected chi connectivity index (χ3v) is 3.40. The van der Waals surface area contributed by atoms with Gasteiger partial charge in [-0.3, -0.25) is 0 Å². The molecule has 0 saturated carbocycles. The second-order valence-corrected chi connectivity index (χ2v) is 4.75. The van der Waals surface area contributed by atoms with Crippen molar-refractivity contribution in [2.45, 2.75) is 9.37 Å². The van der Waals surface area contributed by atoms with E-state index in [9.17, 15) is 0 Å². The van der Waals surface area contributed by atoms with Gasteiger partial charge in [0.1, 0.15) is 10.5 Å². The molecule has 9 heteroatoms. The smallest absolute Gasteiger partial charge is 0.206 e. The zero-order chi connectivity index (χ0) is 9.97. The topological polar surface area (TPSA) is 64.5 Å². The van der Waals surface area contributed by atoms with E-state index in [4.69, 9.17) is 23.2 Å². The van der Waals surface area contributed by atoms with E-state index >= 15 is 0 Å². The van der Waals surface area contributed by atoms with E-state index in [1.54, 1.807) is 5.51 Å². The van der Waals surface area contributed by atoms with E-state index in [0.29, 0.717) is 5.03 Å². The van der Waals surface area contributed by atoms with Crippen LogP contribution in [0.15, 0.2) is 14.9 Å². The van der Waals surface area contributed by atoms with Crippen LogP contribution in [0.3, 0.4) is 0 Å². The summed E-state index contributed by atoms with van der Waals surface area (Å²) in [5.41, 5.74) is 1.62. The monoisotopic (exact) mass is 265 g/mol. The molecule has 72 valence electrons. The summed E-state index contributed by atoms with van der Waals surface area (Å²) in [5, 5.41) is 15.3. The van der Waals surface area contributed by atoms with E-state index in [-0.39, 0.29) is 10.4 Å². The Morgan fingerprint density at radius 3 is 2.79 bits per heavy atom. The van der Waals surface area contributed by atoms with Gasteiger partial charge in [0.15, 0.2) is 9.49 Å². The zero-order valence-electron chi connectivity index (χ0n) is 6.39. The van der Waals surface area contributed by atoms with Crippen molar-refractivity contribution in [3.8, 4) is 0 Å². The van der Waals surface area contributed by atoms with Crippen molar-refractivity contribution in [1.82, 2.24) is 25.4 Å². The maximum absolute atomic E-state index is 5.75. The van der Waals surface area contributed by atoms with Crippen LogP contribution in [0.5, 0.6) is 0 Å². The Morgan fingerprint density at radius 1 is 1.21 bits per heavy atom. The molecule has 0 fully saturated rings. The molecule has 0 saturated heterocycles. The van der Waals surface area contributed by atoms with Gasteiger partial charge in [0.05, 0.1) is 0 Å². The van der Waals surface area contributed by atoms with Crippen molar-refractivity contribution in [2.24, 2.45) is 0 Å². The summed E-state index contributed by atoms with van der Waals surface area (Å²) in [7, 11) is 0. The van der Waals surface area contributed by atoms with Gasteiger partial charge in [0, 0.05) is 0 Å². The largest absolute Gasteiger partial charge is 0.244 e. The molecule has 0 aliphatic carbocycles. The van der Waals surface area contributed by atoms with E-state index in [1.165, 1.54) is 23.1 Å². The Morgan fingerprint density at radius 2 is 2.07 bits per heavy atom. The van der Waals surface area contributed by atoms with Gasteiger partial charge in [0.2, 0.25) is 5.28 Å². The predicted octanol–water partition coefficient (Wildman–Crippen LogP) is 2.18. The molecule has 0 aliphatic heterocycles. The molecule has 0 atom stereocenters. The lowest BCUT2D eigenvalue weighted by Crippen LogP contribution is -1.91. The van der Waals surface area contributed by atoms with Crippen LogP contribution in [0.1, 0.15) is 0 Å². The molecule has 0 unspecified atom stereocenters. The Labute approximate surface area is 96.9 Å². The molecule has 0 aromatic carbocycles. The minimum Gasteiger partial charge on any atom is -0.206 e. The van der Waals surface area contributed by atoms with Crippen molar-refractivity contribution in [1.29, 1.82) is 0 Å². The van der Waals surface area contributed by atoms with E-state index in [1.807, 2.05) is 0 Å². The highest BCUT2D eigenvalue weighted by atomic mass is 35.5. The van der Waals surface area contributed by atoms with Gasteiger partial charge in [-0.25, -0.2) is 4.98 Å². The van der Waals surface area contributed by atoms with E-state index in [2.05, 4.69) is 25.4 Å². The Bertz CT molecular complexity index is 434. The van der Waals surface area contributed by atoms with Crippen molar-refractivity contribution in [3.05, 3.63) is 15.9 Å². The van der Waals surface area contributed by atoms with Gasteiger partial charge in [-0.2, -0.15) is 0 Å². The average Bonchev–Trinajstić information content (AvgIpc) is 2.64. The van der Waals surface area contributed by atoms with Crippen molar-refractivity contribution in [3.63, 3.8) is 0 Å². The summed E-state index contributed by atoms with van der Waals surface area (Å²) in [5.74, 6) is 0. The van der Waals surface area contributed by atoms with Crippen molar-refractivity contribution < 1.29 is 0 Å². The first-order valence-electron chi connectivity index (χ1n) is 3.25. The summed E-state index contributed by atoms with van der Waals surface area (Å²) in [6.45, 7) is 0. The van der Waals surface area contributed by atoms with Crippen LogP contribution >= 0.6 is 46.3 Å². The maximum Gasteiger partial charge on any atom is 0.244 e. The average molecular weight is 266 g/mol. The van der Waals surface area contributed by atoms with Crippen LogP contribution in [-0.2, 0) is 0 Å². The fourth-order valence-corrected chi connectivity index (χ4v) is 2.35. The highest BCUT2D eigenvalue weighted by molar-refractivity contribution is 8.01. The molecule has 0 aliphatic rings. The van der Waals surface area contributed by atoms with E-state index < -0.39 is 0 Å². The fourth-order valence-electron chi connectivity index (χ4n) is 0.635. The standard InChI is InChI=1S/C5HCl2N5S2/c6-2-3(9-4(7)11-10-2)14-5-12-8-1-13-5/h1H. The number of nitrogens with zero attached hydrogens (tertiary/aromatic N) is 5. The summed E-state index contributed by atoms with van der Waals surface area (Å²) in [6, 6.07) is 0. The third kappa shape index (κ3) is 2.30. The quantitative estimate of drug-likeness (QED) is 0.830. The summed E-state index contributed by atoms with van der Waals surface area (Å²) < 4.78 is 0.725. The number of halogens is 2. The normalized spacial score (nSPS) is 10.4. The minimum atomic E-state index is 0.0569. The summed E-state index contributed by atoms with van der Waals surface area (Å²) >= 11 is 14.0. The van der Waals surface area contributed by atoms with Gasteiger partial charge >= 0.3 is 0 Å². The molecule has 5 nitrogen and oxygen atoms in total. The zero-order valence-corrected chi connectivity index (χ0v) is 9.53. The van der Waals surface area contributed by atoms with Crippen LogP contribution in [0.4, 0.5) is 0 Å². The van der Waals surface area contributed by atoms with Gasteiger partial charge in [-0.15, -0.1) is 20.4 Å². The molecule has 2 rings (SSSR count). The molecule has 0 bridgehead atoms. The SMILES string of the molecule is Clc1nnc(Cl)c(Sc2nncs2)n1. The first kappa shape index (κ1) is 10.0. The number of rotatable bonds is 2. The molecular weight excluding hydrogens is 265 g/mol. The lowest BCUT2D eigenvalue weighted by molar-refractivity contribution is 0.902. The lowest BCUT2D eigenvalue weighted by Gasteiger charge is -1.97. The number of aromatic nitrogens is 5. The van der Waals surface area contributed by atoms with Crippen LogP contribution in [0.2, 0.25) is 10.4 Å². The number of hydrogen-bond acceptors (Lipinski definition) is 7. The van der Waals surface area contributed by atoms with Gasteiger partial charge in [0.25, 0.3) is 0 Å². The molecule has 0 radical (unpaired) electrons. The van der Waals surface area contributed by atoms with Crippen LogP contribution in [0, 0.1) is 0 Å². The van der Waals surface area contributed by atoms with Crippen LogP contribution < -0.4 is 0 Å². The fraction of sp³-hybridized carbons (Fsp3) is 0. The molecule has 0 spiro atoms. The van der Waals surface area contributed by atoms with Crippen LogP contribution in [0.25, 0.3) is 0 Å². The Hall–Kier alpha value is -0.500. The van der Waals surface area contributed by atoms with Crippen molar-refractivity contribution >= 4 is 46.3 Å². The second kappa shape index (κ2) is 4.35. The third-order valence-electron chi connectivity index (χ3n) is 1.11. The van der Waals surface area contributed by atoms with Gasteiger partial charge in [-0.1, -0.05) is 22.9 Å². The van der Waals surface area contributed by atoms with E-state index in [0.717, 1.165) is 4.34 Å². The molecule has 0 N–H and O–H groups in total. The Balaban J connectivity index is 2.28. The number of hydrogen-bond donors (Lipinski definition) is 0. The molecule has 2 heterocycles. The molecule has 2 aromatic heterocycles. The molecule has 14 heavy (non-hydrogen) atoms.